The first-order valence-corrected chi connectivity index (χ1v) is 24.8. The Kier molecular flexibility index (Phi) is 14.2. The normalized spacial score (nSPS) is 11.0. The standard InChI is InChI=1S/2C18H15P.2CN.CO.Ir/c2*1-4-10-16(11-5-1)19(17-12-6-2-7-13-17)18-14-8-3-9-15-18;3*1-2;/h2*1-15H;;;;/q;;2*-1;;/p+2. The van der Waals surface area contributed by atoms with E-state index in [-0.39, 0.29) is 0 Å². The predicted molar refractivity (Wildman–Crippen MR) is 189 cm³/mol. The van der Waals surface area contributed by atoms with Crippen molar-refractivity contribution >= 4 is 49.6 Å². The van der Waals surface area contributed by atoms with Crippen molar-refractivity contribution in [3.05, 3.63) is 195 Å². The van der Waals surface area contributed by atoms with Gasteiger partial charge in [-0.15, -0.1) is 0 Å². The molecule has 0 saturated carbocycles. The van der Waals surface area contributed by atoms with Gasteiger partial charge in [0.05, 0.1) is 0 Å². The summed E-state index contributed by atoms with van der Waals surface area (Å²) >= 11 is -0.688. The van der Waals surface area contributed by atoms with Crippen LogP contribution in [0.1, 0.15) is 0 Å². The van der Waals surface area contributed by atoms with E-state index in [1.54, 1.807) is 0 Å². The molecular weight excluding hydrogens is 767 g/mol. The zero-order valence-electron chi connectivity index (χ0n) is 24.5. The minimum atomic E-state index is -2.42. The summed E-state index contributed by atoms with van der Waals surface area (Å²) in [6.45, 7) is 14.0. The SMILES string of the molecule is [C-]#N.[C-]#N.[C]=O.c1ccc([PH]([Ir+2][PH](c2ccccc2)(c2ccccc2)c2ccccc2)(c2ccccc2)c2ccccc2)cc1. The second-order valence-electron chi connectivity index (χ2n) is 9.53. The van der Waals surface area contributed by atoms with Gasteiger partial charge < -0.3 is 23.7 Å². The molecule has 0 bridgehead atoms. The van der Waals surface area contributed by atoms with Crippen LogP contribution in [0.5, 0.6) is 0 Å². The Morgan fingerprint density at radius 1 is 0.333 bits per heavy atom. The van der Waals surface area contributed by atoms with Crippen LogP contribution in [0.4, 0.5) is 0 Å². The molecule has 0 saturated heterocycles. The van der Waals surface area contributed by atoms with Gasteiger partial charge in [0.1, 0.15) is 0 Å². The summed E-state index contributed by atoms with van der Waals surface area (Å²) in [6, 6.07) is 68.8. The summed E-state index contributed by atoms with van der Waals surface area (Å²) in [6.07, 6.45) is 0. The van der Waals surface area contributed by atoms with Gasteiger partial charge in [-0.25, -0.2) is 0 Å². The van der Waals surface area contributed by atoms with Crippen molar-refractivity contribution in [1.82, 2.24) is 0 Å². The van der Waals surface area contributed by atoms with Crippen molar-refractivity contribution in [3.63, 3.8) is 0 Å². The summed E-state index contributed by atoms with van der Waals surface area (Å²) in [5.41, 5.74) is -4.84. The monoisotopic (exact) mass is 799 g/mol. The van der Waals surface area contributed by atoms with Crippen molar-refractivity contribution in [1.29, 1.82) is 10.5 Å². The fourth-order valence-electron chi connectivity index (χ4n) is 5.44. The van der Waals surface area contributed by atoms with Gasteiger partial charge in [0.25, 0.3) is 6.79 Å². The average molecular weight is 799 g/mol. The van der Waals surface area contributed by atoms with Gasteiger partial charge in [0, 0.05) is 0 Å². The molecule has 0 atom stereocenters. The molecule has 6 heteroatoms. The van der Waals surface area contributed by atoms with Gasteiger partial charge in [-0.1, -0.05) is 0 Å². The van der Waals surface area contributed by atoms with Crippen LogP contribution in [0.25, 0.3) is 0 Å². The zero-order chi connectivity index (χ0) is 32.4. The summed E-state index contributed by atoms with van der Waals surface area (Å²) in [4.78, 5) is 7.50. The number of benzene rings is 6. The average Bonchev–Trinajstić information content (AvgIpc) is 3.17. The summed E-state index contributed by atoms with van der Waals surface area (Å²) in [5, 5.41) is 21.6. The summed E-state index contributed by atoms with van der Waals surface area (Å²) < 4.78 is 0. The number of nitrogens with zero attached hydrogens (tertiary/aromatic N) is 2. The molecule has 0 heterocycles. The van der Waals surface area contributed by atoms with Crippen molar-refractivity contribution in [2.24, 2.45) is 0 Å². The van der Waals surface area contributed by atoms with Gasteiger partial charge in [-0.3, -0.25) is 4.79 Å². The van der Waals surface area contributed by atoms with Crippen LogP contribution in [0.3, 0.4) is 0 Å². The van der Waals surface area contributed by atoms with Crippen LogP contribution in [-0.4, -0.2) is 6.79 Å². The van der Waals surface area contributed by atoms with E-state index in [1.165, 1.54) is 31.8 Å². The van der Waals surface area contributed by atoms with Crippen LogP contribution in [0, 0.1) is 23.7 Å². The fraction of sp³-hybridized carbons (Fsp3) is 0. The molecule has 0 fully saturated rings. The van der Waals surface area contributed by atoms with E-state index in [2.05, 4.69) is 189 Å². The van der Waals surface area contributed by atoms with E-state index in [1.807, 2.05) is 0 Å². The van der Waals surface area contributed by atoms with Crippen molar-refractivity contribution in [3.8, 4) is 0 Å². The Balaban J connectivity index is 0.000000870. The molecule has 0 spiro atoms. The first-order valence-electron chi connectivity index (χ1n) is 13.9. The van der Waals surface area contributed by atoms with E-state index in [9.17, 15) is 0 Å². The topological polar surface area (TPSA) is 64.7 Å². The van der Waals surface area contributed by atoms with E-state index in [0.29, 0.717) is 0 Å². The van der Waals surface area contributed by atoms with Crippen LogP contribution >= 0.6 is 11.0 Å². The molecule has 2 radical (unpaired) electrons. The van der Waals surface area contributed by atoms with E-state index in [4.69, 9.17) is 28.5 Å². The molecule has 0 aliphatic heterocycles. The van der Waals surface area contributed by atoms with E-state index >= 15 is 0 Å². The van der Waals surface area contributed by atoms with Crippen LogP contribution in [0.2, 0.25) is 0 Å². The molecule has 0 aliphatic carbocycles. The zero-order valence-corrected chi connectivity index (χ0v) is 28.9. The van der Waals surface area contributed by atoms with E-state index < -0.39 is 27.7 Å². The number of hydrogen-bond donors (Lipinski definition) is 0. The van der Waals surface area contributed by atoms with Crippen molar-refractivity contribution in [2.45, 2.75) is 0 Å². The third-order valence-corrected chi connectivity index (χ3v) is 44.4. The van der Waals surface area contributed by atoms with Crippen molar-refractivity contribution < 1.29 is 21.5 Å². The molecule has 0 unspecified atom stereocenters. The van der Waals surface area contributed by atoms with Crippen LogP contribution < -0.4 is 31.8 Å². The Bertz CT molecular complexity index is 1400. The fourth-order valence-corrected chi connectivity index (χ4v) is 53.0. The number of hydrogen-bond acceptors (Lipinski definition) is 3. The first-order chi connectivity index (χ1) is 22.3. The Morgan fingerprint density at radius 2 is 0.467 bits per heavy atom. The van der Waals surface area contributed by atoms with Gasteiger partial charge in [0.15, 0.2) is 0 Å². The quantitative estimate of drug-likeness (QED) is 0.137. The van der Waals surface area contributed by atoms with Crippen molar-refractivity contribution in [2.75, 3.05) is 0 Å². The number of carbonyl (C=O) groups excluding carboxylic acids is 1. The van der Waals surface area contributed by atoms with E-state index in [0.717, 1.165) is 0 Å². The number of rotatable bonds is 8. The molecule has 6 rings (SSSR count). The Labute approximate surface area is 275 Å². The molecule has 0 N–H and O–H groups in total. The predicted octanol–water partition coefficient (Wildman–Crippen LogP) is 6.15. The molecule has 45 heavy (non-hydrogen) atoms. The first kappa shape index (κ1) is 35.0. The third kappa shape index (κ3) is 7.59. The summed E-state index contributed by atoms with van der Waals surface area (Å²) in [7, 11) is 0. The maximum absolute atomic E-state index is 7.50. The second-order valence-corrected chi connectivity index (χ2v) is 32.3. The molecule has 0 aromatic heterocycles. The molecule has 3 nitrogen and oxygen atoms in total. The Morgan fingerprint density at radius 3 is 0.600 bits per heavy atom. The third-order valence-electron chi connectivity index (χ3n) is 7.20. The maximum atomic E-state index is 7.50. The van der Waals surface area contributed by atoms with Crippen LogP contribution in [-0.2, 0) is 21.5 Å². The van der Waals surface area contributed by atoms with Crippen LogP contribution in [0.15, 0.2) is 182 Å². The molecule has 6 aromatic carbocycles. The molecule has 0 amide bonds. The van der Waals surface area contributed by atoms with Gasteiger partial charge >= 0.3 is 242 Å². The molecule has 223 valence electrons. The van der Waals surface area contributed by atoms with Gasteiger partial charge in [-0.05, 0) is 0 Å². The molecule has 6 aromatic rings. The van der Waals surface area contributed by atoms with Gasteiger partial charge in [-0.2, -0.15) is 0 Å². The summed E-state index contributed by atoms with van der Waals surface area (Å²) in [5.74, 6) is 0. The molecular formula is C39H32IrN2OP2. The second kappa shape index (κ2) is 18.3. The Hall–Kier alpha value is -4.52. The molecule has 0 aliphatic rings. The van der Waals surface area contributed by atoms with Gasteiger partial charge in [0.2, 0.25) is 0 Å². The minimum absolute atomic E-state index is 0.688.